The molecule has 0 radical (unpaired) electrons. The van der Waals surface area contributed by atoms with Gasteiger partial charge in [0.1, 0.15) is 5.75 Å². The van der Waals surface area contributed by atoms with Crippen LogP contribution in [-0.4, -0.2) is 27.7 Å². The van der Waals surface area contributed by atoms with E-state index in [0.717, 1.165) is 19.3 Å². The minimum atomic E-state index is -0.764. The van der Waals surface area contributed by atoms with Crippen LogP contribution in [0.5, 0.6) is 5.75 Å². The number of carbonyl (C=O) groups is 1. The van der Waals surface area contributed by atoms with Crippen molar-refractivity contribution in [1.29, 1.82) is 0 Å². The van der Waals surface area contributed by atoms with E-state index in [0.29, 0.717) is 11.3 Å². The maximum absolute atomic E-state index is 12.1. The predicted molar refractivity (Wildman–Crippen MR) is 105 cm³/mol. The van der Waals surface area contributed by atoms with Crippen LogP contribution in [0, 0.1) is 10.1 Å². The molecular formula is C21H19N3O6. The summed E-state index contributed by atoms with van der Waals surface area (Å²) in [5.74, 6) is 0.378. The van der Waals surface area contributed by atoms with Gasteiger partial charge in [-0.15, -0.1) is 10.2 Å². The van der Waals surface area contributed by atoms with Crippen LogP contribution in [0.1, 0.15) is 36.5 Å². The molecule has 0 aliphatic heterocycles. The number of aryl methyl sites for hydroxylation is 2. The Morgan fingerprint density at radius 1 is 1.17 bits per heavy atom. The van der Waals surface area contributed by atoms with Crippen LogP contribution in [0.4, 0.5) is 5.69 Å². The van der Waals surface area contributed by atoms with E-state index in [1.54, 1.807) is 6.92 Å². The average Bonchev–Trinajstić information content (AvgIpc) is 3.41. The second kappa shape index (κ2) is 8.32. The molecule has 1 atom stereocenters. The fourth-order valence-corrected chi connectivity index (χ4v) is 3.30. The average molecular weight is 409 g/mol. The largest absolute Gasteiger partial charge is 0.482 e. The van der Waals surface area contributed by atoms with Gasteiger partial charge in [-0.25, -0.2) is 4.79 Å². The van der Waals surface area contributed by atoms with E-state index in [-0.39, 0.29) is 24.1 Å². The van der Waals surface area contributed by atoms with E-state index in [2.05, 4.69) is 10.2 Å². The minimum Gasteiger partial charge on any atom is -0.482 e. The number of aromatic nitrogens is 2. The molecule has 3 aromatic rings. The van der Waals surface area contributed by atoms with Gasteiger partial charge in [-0.1, -0.05) is 6.07 Å². The molecule has 1 aromatic heterocycles. The van der Waals surface area contributed by atoms with Crippen LogP contribution < -0.4 is 4.74 Å². The van der Waals surface area contributed by atoms with Crippen LogP contribution in [0.3, 0.4) is 0 Å². The van der Waals surface area contributed by atoms with Crippen molar-refractivity contribution in [3.05, 3.63) is 69.6 Å². The summed E-state index contributed by atoms with van der Waals surface area (Å²) in [4.78, 5) is 22.4. The lowest BCUT2D eigenvalue weighted by Gasteiger charge is -2.11. The highest BCUT2D eigenvalue weighted by Gasteiger charge is 2.20. The molecule has 30 heavy (non-hydrogen) atoms. The first-order valence-corrected chi connectivity index (χ1v) is 9.52. The van der Waals surface area contributed by atoms with Crippen molar-refractivity contribution in [2.45, 2.75) is 32.3 Å². The maximum Gasteiger partial charge on any atom is 0.344 e. The van der Waals surface area contributed by atoms with E-state index in [4.69, 9.17) is 13.9 Å². The maximum atomic E-state index is 12.1. The van der Waals surface area contributed by atoms with Crippen molar-refractivity contribution in [2.75, 3.05) is 6.61 Å². The number of nitro benzene ring substituents is 1. The first-order chi connectivity index (χ1) is 14.5. The lowest BCUT2D eigenvalue weighted by molar-refractivity contribution is -0.384. The lowest BCUT2D eigenvalue weighted by Crippen LogP contribution is -2.17. The number of esters is 1. The van der Waals surface area contributed by atoms with Gasteiger partial charge >= 0.3 is 5.97 Å². The number of nitrogens with zero attached hydrogens (tertiary/aromatic N) is 3. The molecule has 0 saturated carbocycles. The summed E-state index contributed by atoms with van der Waals surface area (Å²) in [6.45, 7) is 1.38. The standard InChI is InChI=1S/C21H19N3O6/c1-13(20-22-23-21(30-20)15-5-8-17(9-6-15)24(26)27)29-19(25)12-28-18-10-7-14-3-2-4-16(14)11-18/h5-11,13H,2-4,12H2,1H3/t13-/m1/s1. The van der Waals surface area contributed by atoms with Crippen molar-refractivity contribution in [3.63, 3.8) is 0 Å². The Hall–Kier alpha value is -3.75. The summed E-state index contributed by atoms with van der Waals surface area (Å²) < 4.78 is 16.4. The molecule has 0 bridgehead atoms. The van der Waals surface area contributed by atoms with Gasteiger partial charge in [-0.3, -0.25) is 10.1 Å². The fraction of sp³-hybridized carbons (Fsp3) is 0.286. The van der Waals surface area contributed by atoms with Gasteiger partial charge in [0.2, 0.25) is 5.89 Å². The van der Waals surface area contributed by atoms with Crippen molar-refractivity contribution >= 4 is 11.7 Å². The number of nitro groups is 1. The van der Waals surface area contributed by atoms with E-state index >= 15 is 0 Å². The summed E-state index contributed by atoms with van der Waals surface area (Å²) in [6, 6.07) is 11.6. The molecule has 0 amide bonds. The first kappa shape index (κ1) is 19.6. The molecule has 1 heterocycles. The number of non-ortho nitro benzene ring substituents is 1. The monoisotopic (exact) mass is 409 g/mol. The number of rotatable bonds is 7. The quantitative estimate of drug-likeness (QED) is 0.328. The Balaban J connectivity index is 1.33. The third-order valence-electron chi connectivity index (χ3n) is 4.85. The Bertz CT molecular complexity index is 1080. The van der Waals surface area contributed by atoms with Crippen LogP contribution in [0.25, 0.3) is 11.5 Å². The SMILES string of the molecule is C[C@@H](OC(=O)COc1ccc2c(c1)CCC2)c1nnc(-c2ccc([N+](=O)[O-])cc2)o1. The number of ether oxygens (including phenoxy) is 2. The number of benzene rings is 2. The highest BCUT2D eigenvalue weighted by atomic mass is 16.6. The second-order valence-electron chi connectivity index (χ2n) is 6.95. The van der Waals surface area contributed by atoms with Gasteiger partial charge in [0, 0.05) is 17.7 Å². The Morgan fingerprint density at radius 3 is 2.70 bits per heavy atom. The molecule has 0 N–H and O–H groups in total. The molecule has 1 aliphatic rings. The summed E-state index contributed by atoms with van der Waals surface area (Å²) >= 11 is 0. The number of fused-ring (bicyclic) bond motifs is 1. The zero-order valence-corrected chi connectivity index (χ0v) is 16.2. The molecule has 9 nitrogen and oxygen atoms in total. The third kappa shape index (κ3) is 4.29. The molecule has 154 valence electrons. The molecule has 1 aliphatic carbocycles. The number of carbonyl (C=O) groups excluding carboxylic acids is 1. The second-order valence-corrected chi connectivity index (χ2v) is 6.95. The van der Waals surface area contributed by atoms with Crippen LogP contribution in [0.2, 0.25) is 0 Å². The van der Waals surface area contributed by atoms with Crippen LogP contribution in [-0.2, 0) is 22.4 Å². The van der Waals surface area contributed by atoms with Gasteiger partial charge in [0.15, 0.2) is 12.7 Å². The third-order valence-corrected chi connectivity index (χ3v) is 4.85. The van der Waals surface area contributed by atoms with Gasteiger partial charge in [-0.05, 0) is 61.6 Å². The Labute approximate surface area is 171 Å². The molecule has 9 heteroatoms. The van der Waals surface area contributed by atoms with Crippen LogP contribution in [0.15, 0.2) is 46.9 Å². The fourth-order valence-electron chi connectivity index (χ4n) is 3.30. The van der Waals surface area contributed by atoms with E-state index in [1.165, 1.54) is 35.4 Å². The molecule has 4 rings (SSSR count). The molecular weight excluding hydrogens is 390 g/mol. The zero-order valence-electron chi connectivity index (χ0n) is 16.2. The highest BCUT2D eigenvalue weighted by Crippen LogP contribution is 2.27. The van der Waals surface area contributed by atoms with Gasteiger partial charge in [-0.2, -0.15) is 0 Å². The van der Waals surface area contributed by atoms with Gasteiger partial charge in [0.25, 0.3) is 11.6 Å². The summed E-state index contributed by atoms with van der Waals surface area (Å²) in [6.07, 6.45) is 2.49. The van der Waals surface area contributed by atoms with Crippen molar-refractivity contribution < 1.29 is 23.6 Å². The summed E-state index contributed by atoms with van der Waals surface area (Å²) in [5.41, 5.74) is 3.08. The van der Waals surface area contributed by atoms with Crippen molar-refractivity contribution in [2.24, 2.45) is 0 Å². The molecule has 2 aromatic carbocycles. The summed E-state index contributed by atoms with van der Waals surface area (Å²) in [7, 11) is 0. The molecule has 0 saturated heterocycles. The number of hydrogen-bond donors (Lipinski definition) is 0. The molecule has 0 spiro atoms. The lowest BCUT2D eigenvalue weighted by atomic mass is 10.1. The minimum absolute atomic E-state index is 0.0378. The highest BCUT2D eigenvalue weighted by molar-refractivity contribution is 5.71. The molecule has 0 unspecified atom stereocenters. The predicted octanol–water partition coefficient (Wildman–Crippen LogP) is 3.82. The van der Waals surface area contributed by atoms with Crippen molar-refractivity contribution in [1.82, 2.24) is 10.2 Å². The Kier molecular flexibility index (Phi) is 5.42. The van der Waals surface area contributed by atoms with Gasteiger partial charge < -0.3 is 13.9 Å². The van der Waals surface area contributed by atoms with E-state index in [9.17, 15) is 14.9 Å². The molecule has 0 fully saturated rings. The smallest absolute Gasteiger partial charge is 0.344 e. The Morgan fingerprint density at radius 2 is 1.93 bits per heavy atom. The summed E-state index contributed by atoms with van der Waals surface area (Å²) in [5, 5.41) is 18.5. The van der Waals surface area contributed by atoms with E-state index < -0.39 is 17.0 Å². The number of hydrogen-bond acceptors (Lipinski definition) is 8. The normalized spacial score (nSPS) is 13.5. The van der Waals surface area contributed by atoms with Crippen molar-refractivity contribution in [3.8, 4) is 17.2 Å². The zero-order chi connectivity index (χ0) is 21.1. The van der Waals surface area contributed by atoms with Gasteiger partial charge in [0.05, 0.1) is 4.92 Å². The first-order valence-electron chi connectivity index (χ1n) is 9.52. The topological polar surface area (TPSA) is 118 Å². The van der Waals surface area contributed by atoms with E-state index in [1.807, 2.05) is 18.2 Å². The van der Waals surface area contributed by atoms with Crippen LogP contribution >= 0.6 is 0 Å².